The highest BCUT2D eigenvalue weighted by Gasteiger charge is 2.17. The lowest BCUT2D eigenvalue weighted by molar-refractivity contribution is 0.167. The Morgan fingerprint density at radius 2 is 1.84 bits per heavy atom. The van der Waals surface area contributed by atoms with Gasteiger partial charge in [-0.15, -0.1) is 0 Å². The summed E-state index contributed by atoms with van der Waals surface area (Å²) in [5.41, 5.74) is 1.30. The second-order valence-corrected chi connectivity index (χ2v) is 6.18. The number of nitrogens with one attached hydrogen (secondary N) is 1. The molecule has 2 heteroatoms. The van der Waals surface area contributed by atoms with Crippen LogP contribution < -0.4 is 5.32 Å². The van der Waals surface area contributed by atoms with Gasteiger partial charge in [0.15, 0.2) is 0 Å². The minimum Gasteiger partial charge on any atom is -0.387 e. The van der Waals surface area contributed by atoms with Gasteiger partial charge in [0.2, 0.25) is 0 Å². The number of aliphatic hydroxyl groups excluding tert-OH is 1. The third-order valence-corrected chi connectivity index (χ3v) is 3.58. The van der Waals surface area contributed by atoms with Crippen molar-refractivity contribution in [2.75, 3.05) is 13.1 Å². The van der Waals surface area contributed by atoms with Gasteiger partial charge in [-0.3, -0.25) is 0 Å². The molecule has 19 heavy (non-hydrogen) atoms. The van der Waals surface area contributed by atoms with Gasteiger partial charge < -0.3 is 10.4 Å². The van der Waals surface area contributed by atoms with Gasteiger partial charge in [0.25, 0.3) is 0 Å². The lowest BCUT2D eigenvalue weighted by Gasteiger charge is -2.26. The predicted octanol–water partition coefficient (Wildman–Crippen LogP) is 3.92. The van der Waals surface area contributed by atoms with Crippen LogP contribution in [0.1, 0.15) is 58.1 Å². The van der Waals surface area contributed by atoms with Crippen LogP contribution in [0.2, 0.25) is 0 Å². The average Bonchev–Trinajstić information content (AvgIpc) is 2.39. The molecule has 1 unspecified atom stereocenters. The fraction of sp³-hybridized carbons (Fsp3) is 0.647. The van der Waals surface area contributed by atoms with Crippen molar-refractivity contribution >= 4 is 0 Å². The first-order chi connectivity index (χ1) is 9.05. The van der Waals surface area contributed by atoms with Crippen molar-refractivity contribution in [3.05, 3.63) is 35.9 Å². The highest BCUT2D eigenvalue weighted by atomic mass is 16.3. The molecule has 1 aromatic carbocycles. The molecule has 0 saturated heterocycles. The van der Waals surface area contributed by atoms with Gasteiger partial charge in [-0.2, -0.15) is 0 Å². The molecule has 108 valence electrons. The van der Waals surface area contributed by atoms with E-state index in [0.717, 1.165) is 12.1 Å². The van der Waals surface area contributed by atoms with E-state index in [1.807, 2.05) is 30.3 Å². The van der Waals surface area contributed by atoms with Gasteiger partial charge in [-0.05, 0) is 17.4 Å². The van der Waals surface area contributed by atoms with Crippen LogP contribution in [0.4, 0.5) is 0 Å². The first-order valence-electron chi connectivity index (χ1n) is 7.49. The summed E-state index contributed by atoms with van der Waals surface area (Å²) in [6.07, 6.45) is 4.72. The molecule has 0 heterocycles. The quantitative estimate of drug-likeness (QED) is 0.662. The zero-order valence-corrected chi connectivity index (χ0v) is 12.7. The fourth-order valence-electron chi connectivity index (χ4n) is 2.28. The molecule has 0 radical (unpaired) electrons. The molecule has 0 aliphatic heterocycles. The highest BCUT2D eigenvalue weighted by molar-refractivity contribution is 5.17. The van der Waals surface area contributed by atoms with Crippen molar-refractivity contribution in [3.63, 3.8) is 0 Å². The zero-order valence-electron chi connectivity index (χ0n) is 12.7. The summed E-state index contributed by atoms with van der Waals surface area (Å²) in [4.78, 5) is 0. The van der Waals surface area contributed by atoms with Gasteiger partial charge in [-0.25, -0.2) is 0 Å². The molecule has 0 fully saturated rings. The van der Waals surface area contributed by atoms with Crippen LogP contribution in [0.5, 0.6) is 0 Å². The molecular weight excluding hydrogens is 234 g/mol. The Labute approximate surface area is 118 Å². The first-order valence-corrected chi connectivity index (χ1v) is 7.49. The van der Waals surface area contributed by atoms with E-state index in [1.165, 1.54) is 25.7 Å². The lowest BCUT2D eigenvalue weighted by Crippen LogP contribution is -2.32. The Hall–Kier alpha value is -0.860. The molecule has 2 N–H and O–H groups in total. The highest BCUT2D eigenvalue weighted by Crippen LogP contribution is 2.23. The van der Waals surface area contributed by atoms with E-state index in [0.29, 0.717) is 12.0 Å². The van der Waals surface area contributed by atoms with Crippen molar-refractivity contribution in [3.8, 4) is 0 Å². The Morgan fingerprint density at radius 1 is 1.16 bits per heavy atom. The molecule has 0 aliphatic carbocycles. The summed E-state index contributed by atoms with van der Waals surface area (Å²) in [6.45, 7) is 8.42. The molecule has 0 saturated carbocycles. The van der Waals surface area contributed by atoms with Crippen LogP contribution in [0.3, 0.4) is 0 Å². The van der Waals surface area contributed by atoms with E-state index in [9.17, 15) is 5.11 Å². The smallest absolute Gasteiger partial charge is 0.0914 e. The maximum atomic E-state index is 10.1. The monoisotopic (exact) mass is 263 g/mol. The molecule has 0 aliphatic rings. The summed E-state index contributed by atoms with van der Waals surface area (Å²) in [6, 6.07) is 9.85. The third kappa shape index (κ3) is 6.74. The van der Waals surface area contributed by atoms with Gasteiger partial charge in [-0.1, -0.05) is 70.4 Å². The summed E-state index contributed by atoms with van der Waals surface area (Å²) in [7, 11) is 0. The van der Waals surface area contributed by atoms with E-state index < -0.39 is 6.10 Å². The van der Waals surface area contributed by atoms with Crippen molar-refractivity contribution in [1.29, 1.82) is 0 Å². The van der Waals surface area contributed by atoms with Crippen LogP contribution in [-0.2, 0) is 0 Å². The number of rotatable bonds is 9. The van der Waals surface area contributed by atoms with E-state index in [1.54, 1.807) is 0 Å². The summed E-state index contributed by atoms with van der Waals surface area (Å²) in [5.74, 6) is 0. The Kier molecular flexibility index (Phi) is 7.11. The summed E-state index contributed by atoms with van der Waals surface area (Å²) in [5, 5.41) is 13.5. The molecule has 2 nitrogen and oxygen atoms in total. The summed E-state index contributed by atoms with van der Waals surface area (Å²) >= 11 is 0. The zero-order chi connectivity index (χ0) is 14.1. The van der Waals surface area contributed by atoms with Crippen LogP contribution in [-0.4, -0.2) is 18.2 Å². The van der Waals surface area contributed by atoms with E-state index in [-0.39, 0.29) is 0 Å². The minimum absolute atomic E-state index is 0.311. The Morgan fingerprint density at radius 3 is 2.47 bits per heavy atom. The molecule has 0 spiro atoms. The van der Waals surface area contributed by atoms with Crippen molar-refractivity contribution in [1.82, 2.24) is 5.32 Å². The largest absolute Gasteiger partial charge is 0.387 e. The number of hydrogen-bond acceptors (Lipinski definition) is 2. The standard InChI is InChI=1S/C17H29NO/c1-4-5-9-12-17(2,3)14-18-13-16(19)15-10-7-6-8-11-15/h6-8,10-11,16,18-19H,4-5,9,12-14H2,1-3H3. The van der Waals surface area contributed by atoms with Gasteiger partial charge in [0, 0.05) is 13.1 Å². The van der Waals surface area contributed by atoms with Gasteiger partial charge in [0.1, 0.15) is 0 Å². The molecule has 1 aromatic rings. The maximum absolute atomic E-state index is 10.1. The van der Waals surface area contributed by atoms with Crippen molar-refractivity contribution < 1.29 is 5.11 Å². The Bertz CT molecular complexity index is 334. The van der Waals surface area contributed by atoms with Crippen LogP contribution in [0, 0.1) is 5.41 Å². The molecule has 0 bridgehead atoms. The van der Waals surface area contributed by atoms with Gasteiger partial charge >= 0.3 is 0 Å². The first kappa shape index (κ1) is 16.2. The predicted molar refractivity (Wildman–Crippen MR) is 82.2 cm³/mol. The number of hydrogen-bond donors (Lipinski definition) is 2. The molecule has 1 rings (SSSR count). The van der Waals surface area contributed by atoms with Crippen LogP contribution in [0.15, 0.2) is 30.3 Å². The van der Waals surface area contributed by atoms with Gasteiger partial charge in [0.05, 0.1) is 6.10 Å². The Balaban J connectivity index is 2.25. The van der Waals surface area contributed by atoms with Crippen molar-refractivity contribution in [2.24, 2.45) is 5.41 Å². The topological polar surface area (TPSA) is 32.3 Å². The maximum Gasteiger partial charge on any atom is 0.0914 e. The molecule has 1 atom stereocenters. The number of aliphatic hydroxyl groups is 1. The molecular formula is C17H29NO. The van der Waals surface area contributed by atoms with Crippen LogP contribution in [0.25, 0.3) is 0 Å². The molecule has 0 amide bonds. The normalized spacial score (nSPS) is 13.5. The summed E-state index contributed by atoms with van der Waals surface area (Å²) < 4.78 is 0. The molecule has 0 aromatic heterocycles. The SMILES string of the molecule is CCCCCC(C)(C)CNCC(O)c1ccccc1. The number of unbranched alkanes of at least 4 members (excludes halogenated alkanes) is 2. The fourth-order valence-corrected chi connectivity index (χ4v) is 2.28. The third-order valence-electron chi connectivity index (χ3n) is 3.58. The van der Waals surface area contributed by atoms with E-state index in [4.69, 9.17) is 0 Å². The van der Waals surface area contributed by atoms with E-state index in [2.05, 4.69) is 26.1 Å². The second-order valence-electron chi connectivity index (χ2n) is 6.18. The van der Waals surface area contributed by atoms with Crippen molar-refractivity contribution in [2.45, 2.75) is 52.6 Å². The lowest BCUT2D eigenvalue weighted by atomic mass is 9.87. The number of benzene rings is 1. The van der Waals surface area contributed by atoms with E-state index >= 15 is 0 Å². The second kappa shape index (κ2) is 8.34. The minimum atomic E-state index is -0.410. The average molecular weight is 263 g/mol. The van der Waals surface area contributed by atoms with Crippen LogP contribution >= 0.6 is 0 Å².